The van der Waals surface area contributed by atoms with E-state index in [9.17, 15) is 18.0 Å². The second kappa shape index (κ2) is 6.01. The number of aromatic nitrogens is 2. The summed E-state index contributed by atoms with van der Waals surface area (Å²) in [6, 6.07) is 3.07. The van der Waals surface area contributed by atoms with E-state index in [-0.39, 0.29) is 17.8 Å². The second-order valence-corrected chi connectivity index (χ2v) is 5.42. The summed E-state index contributed by atoms with van der Waals surface area (Å²) in [6.07, 6.45) is -0.620. The lowest BCUT2D eigenvalue weighted by molar-refractivity contribution is -0.137. The summed E-state index contributed by atoms with van der Waals surface area (Å²) < 4.78 is 40.2. The van der Waals surface area contributed by atoms with Gasteiger partial charge in [-0.3, -0.25) is 4.79 Å². The van der Waals surface area contributed by atoms with Crippen molar-refractivity contribution in [3.8, 4) is 0 Å². The topological polar surface area (TPSA) is 34.9 Å². The summed E-state index contributed by atoms with van der Waals surface area (Å²) in [5.74, 6) is 0.363. The van der Waals surface area contributed by atoms with Crippen molar-refractivity contribution in [1.82, 2.24) is 9.55 Å². The van der Waals surface area contributed by atoms with Gasteiger partial charge in [-0.25, -0.2) is 4.98 Å². The Balaban J connectivity index is 2.17. The Morgan fingerprint density at radius 1 is 1.38 bits per heavy atom. The van der Waals surface area contributed by atoms with Crippen LogP contribution in [-0.4, -0.2) is 15.3 Å². The monoisotopic (exact) mass is 360 g/mol. The zero-order chi connectivity index (χ0) is 15.6. The van der Waals surface area contributed by atoms with Gasteiger partial charge in [0.1, 0.15) is 5.82 Å². The molecule has 2 rings (SSSR count). The molecule has 0 radical (unpaired) electrons. The van der Waals surface area contributed by atoms with E-state index in [2.05, 4.69) is 20.9 Å². The number of rotatable bonds is 4. The average Bonchev–Trinajstić information content (AvgIpc) is 2.80. The standard InChI is InChI=1S/C14H12BrF3N2O/c1-20-7-6-19-13(20)5-4-12(21)10-8-9(14(16,17)18)2-3-11(10)15/h2-3,6-8H,4-5H2,1H3. The van der Waals surface area contributed by atoms with Crippen LogP contribution in [0.4, 0.5) is 13.2 Å². The molecule has 2 aromatic rings. The third-order valence-corrected chi connectivity index (χ3v) is 3.78. The Morgan fingerprint density at radius 2 is 2.10 bits per heavy atom. The number of carbonyl (C=O) groups excluding carboxylic acids is 1. The molecule has 1 aromatic heterocycles. The zero-order valence-electron chi connectivity index (χ0n) is 11.1. The molecule has 0 aliphatic rings. The molecule has 1 heterocycles. The van der Waals surface area contributed by atoms with E-state index >= 15 is 0 Å². The van der Waals surface area contributed by atoms with E-state index in [4.69, 9.17) is 0 Å². The minimum absolute atomic E-state index is 0.0408. The van der Waals surface area contributed by atoms with E-state index in [0.29, 0.717) is 16.7 Å². The number of nitrogens with zero attached hydrogens (tertiary/aromatic N) is 2. The van der Waals surface area contributed by atoms with Crippen LogP contribution in [0.3, 0.4) is 0 Å². The van der Waals surface area contributed by atoms with Crippen molar-refractivity contribution >= 4 is 21.7 Å². The lowest BCUT2D eigenvalue weighted by Crippen LogP contribution is -2.09. The predicted molar refractivity (Wildman–Crippen MR) is 75.0 cm³/mol. The predicted octanol–water partition coefficient (Wildman–Crippen LogP) is 4.02. The molecule has 0 saturated carbocycles. The number of aryl methyl sites for hydroxylation is 2. The molecule has 112 valence electrons. The van der Waals surface area contributed by atoms with Crippen molar-refractivity contribution in [1.29, 1.82) is 0 Å². The smallest absolute Gasteiger partial charge is 0.338 e. The van der Waals surface area contributed by atoms with Gasteiger partial charge in [-0.05, 0) is 18.2 Å². The van der Waals surface area contributed by atoms with Crippen LogP contribution < -0.4 is 0 Å². The fourth-order valence-corrected chi connectivity index (χ4v) is 2.38. The zero-order valence-corrected chi connectivity index (χ0v) is 12.7. The van der Waals surface area contributed by atoms with Crippen molar-refractivity contribution in [2.45, 2.75) is 19.0 Å². The van der Waals surface area contributed by atoms with E-state index in [0.717, 1.165) is 12.1 Å². The summed E-state index contributed by atoms with van der Waals surface area (Å²) in [6.45, 7) is 0. The molecular formula is C14H12BrF3N2O. The van der Waals surface area contributed by atoms with Gasteiger partial charge < -0.3 is 4.57 Å². The molecule has 0 spiro atoms. The largest absolute Gasteiger partial charge is 0.416 e. The number of benzene rings is 1. The highest BCUT2D eigenvalue weighted by Gasteiger charge is 2.31. The number of ketones is 1. The van der Waals surface area contributed by atoms with Crippen molar-refractivity contribution in [3.05, 3.63) is 52.0 Å². The van der Waals surface area contributed by atoms with Gasteiger partial charge in [-0.1, -0.05) is 15.9 Å². The number of imidazole rings is 1. The molecule has 0 aliphatic heterocycles. The van der Waals surface area contributed by atoms with Gasteiger partial charge in [0.15, 0.2) is 5.78 Å². The fraction of sp³-hybridized carbons (Fsp3) is 0.286. The molecule has 0 bridgehead atoms. The molecule has 7 heteroatoms. The molecule has 1 aromatic carbocycles. The minimum Gasteiger partial charge on any atom is -0.338 e. The molecular weight excluding hydrogens is 349 g/mol. The summed E-state index contributed by atoms with van der Waals surface area (Å²) in [5.41, 5.74) is -0.787. The van der Waals surface area contributed by atoms with E-state index < -0.39 is 11.7 Å². The van der Waals surface area contributed by atoms with Gasteiger partial charge in [0.25, 0.3) is 0 Å². The molecule has 21 heavy (non-hydrogen) atoms. The first-order valence-electron chi connectivity index (χ1n) is 6.15. The summed E-state index contributed by atoms with van der Waals surface area (Å²) >= 11 is 3.12. The molecule has 0 N–H and O–H groups in total. The van der Waals surface area contributed by atoms with Gasteiger partial charge >= 0.3 is 6.18 Å². The maximum absolute atomic E-state index is 12.7. The van der Waals surface area contributed by atoms with Crippen LogP contribution in [0.25, 0.3) is 0 Å². The first-order valence-corrected chi connectivity index (χ1v) is 6.94. The summed E-state index contributed by atoms with van der Waals surface area (Å²) in [5, 5.41) is 0. The Morgan fingerprint density at radius 3 is 2.67 bits per heavy atom. The van der Waals surface area contributed by atoms with Crippen LogP contribution in [0, 0.1) is 0 Å². The SMILES string of the molecule is Cn1ccnc1CCC(=O)c1cc(C(F)(F)F)ccc1Br. The van der Waals surface area contributed by atoms with Crippen LogP contribution in [0.1, 0.15) is 28.2 Å². The Bertz CT molecular complexity index is 664. The van der Waals surface area contributed by atoms with Crippen LogP contribution in [-0.2, 0) is 19.6 Å². The van der Waals surface area contributed by atoms with Crippen molar-refractivity contribution in [3.63, 3.8) is 0 Å². The fourth-order valence-electron chi connectivity index (χ4n) is 1.91. The number of carbonyl (C=O) groups is 1. The number of alkyl halides is 3. The Labute approximate surface area is 127 Å². The molecule has 3 nitrogen and oxygen atoms in total. The van der Waals surface area contributed by atoms with Crippen molar-refractivity contribution < 1.29 is 18.0 Å². The Kier molecular flexibility index (Phi) is 4.51. The minimum atomic E-state index is -4.46. The number of halogens is 4. The summed E-state index contributed by atoms with van der Waals surface area (Å²) in [4.78, 5) is 16.2. The van der Waals surface area contributed by atoms with Gasteiger partial charge in [-0.15, -0.1) is 0 Å². The first kappa shape index (κ1) is 15.8. The lowest BCUT2D eigenvalue weighted by atomic mass is 10.0. The highest BCUT2D eigenvalue weighted by molar-refractivity contribution is 9.10. The van der Waals surface area contributed by atoms with Crippen molar-refractivity contribution in [2.75, 3.05) is 0 Å². The van der Waals surface area contributed by atoms with E-state index in [1.54, 1.807) is 24.0 Å². The van der Waals surface area contributed by atoms with Crippen LogP contribution in [0.5, 0.6) is 0 Å². The van der Waals surface area contributed by atoms with E-state index in [1.165, 1.54) is 6.07 Å². The Hall–Kier alpha value is -1.63. The number of Topliss-reactive ketones (excluding diaryl/α,β-unsaturated/α-hetero) is 1. The van der Waals surface area contributed by atoms with Gasteiger partial charge in [0, 0.05) is 42.3 Å². The molecule has 0 fully saturated rings. The number of hydrogen-bond donors (Lipinski definition) is 0. The average molecular weight is 361 g/mol. The third kappa shape index (κ3) is 3.72. The maximum atomic E-state index is 12.7. The van der Waals surface area contributed by atoms with Gasteiger partial charge in [-0.2, -0.15) is 13.2 Å². The van der Waals surface area contributed by atoms with Crippen LogP contribution in [0.15, 0.2) is 35.1 Å². The molecule has 0 unspecified atom stereocenters. The van der Waals surface area contributed by atoms with Crippen LogP contribution >= 0.6 is 15.9 Å². The maximum Gasteiger partial charge on any atom is 0.416 e. The molecule has 0 amide bonds. The lowest BCUT2D eigenvalue weighted by Gasteiger charge is -2.10. The quantitative estimate of drug-likeness (QED) is 0.772. The highest BCUT2D eigenvalue weighted by Crippen LogP contribution is 2.32. The number of hydrogen-bond acceptors (Lipinski definition) is 2. The third-order valence-electron chi connectivity index (χ3n) is 3.09. The molecule has 0 atom stereocenters. The molecule has 0 saturated heterocycles. The van der Waals surface area contributed by atoms with Gasteiger partial charge in [0.05, 0.1) is 5.56 Å². The van der Waals surface area contributed by atoms with Crippen LogP contribution in [0.2, 0.25) is 0 Å². The first-order chi connectivity index (χ1) is 9.79. The summed E-state index contributed by atoms with van der Waals surface area (Å²) in [7, 11) is 1.80. The molecule has 0 aliphatic carbocycles. The highest BCUT2D eigenvalue weighted by atomic mass is 79.9. The normalized spacial score (nSPS) is 11.7. The second-order valence-electron chi connectivity index (χ2n) is 4.57. The van der Waals surface area contributed by atoms with Gasteiger partial charge in [0.2, 0.25) is 0 Å². The van der Waals surface area contributed by atoms with E-state index in [1.807, 2.05) is 0 Å². The van der Waals surface area contributed by atoms with Crippen molar-refractivity contribution in [2.24, 2.45) is 7.05 Å².